The molecule has 1 heterocycles. The van der Waals surface area contributed by atoms with Gasteiger partial charge in [0.05, 0.1) is 9.93 Å². The Balaban J connectivity index is 2.82. The first-order valence-electron chi connectivity index (χ1n) is 4.99. The van der Waals surface area contributed by atoms with E-state index in [2.05, 4.69) is 65.5 Å². The minimum absolute atomic E-state index is 0.0970. The molecule has 1 N–H and O–H groups in total. The van der Waals surface area contributed by atoms with Crippen molar-refractivity contribution in [1.29, 1.82) is 0 Å². The molecule has 88 valence electrons. The predicted molar refractivity (Wildman–Crippen MR) is 75.4 cm³/mol. The fourth-order valence-electron chi connectivity index (χ4n) is 2.15. The molecule has 0 saturated carbocycles. The average Bonchev–Trinajstić information content (AvgIpc) is 2.24. The Bertz CT molecular complexity index is 279. The molecular weight excluding hydrogens is 244 g/mol. The van der Waals surface area contributed by atoms with Crippen molar-refractivity contribution in [2.24, 2.45) is 10.8 Å². The van der Waals surface area contributed by atoms with E-state index in [9.17, 15) is 0 Å². The van der Waals surface area contributed by atoms with E-state index in [-0.39, 0.29) is 5.41 Å². The van der Waals surface area contributed by atoms with Crippen molar-refractivity contribution in [1.82, 2.24) is 9.25 Å². The van der Waals surface area contributed by atoms with Gasteiger partial charge in [0.2, 0.25) is 0 Å². The van der Waals surface area contributed by atoms with Crippen LogP contribution in [0.5, 0.6) is 0 Å². The van der Waals surface area contributed by atoms with Crippen molar-refractivity contribution < 1.29 is 0 Å². The summed E-state index contributed by atoms with van der Waals surface area (Å²) in [6.07, 6.45) is 1.11. The lowest BCUT2D eigenvalue weighted by Gasteiger charge is -2.33. The lowest BCUT2D eigenvalue weighted by Crippen LogP contribution is -2.31. The van der Waals surface area contributed by atoms with Crippen LogP contribution in [0.1, 0.15) is 41.0 Å². The molecule has 1 aliphatic rings. The molecule has 0 amide bonds. The molecule has 0 aromatic rings. The van der Waals surface area contributed by atoms with Gasteiger partial charge in [0.1, 0.15) is 0 Å². The van der Waals surface area contributed by atoms with Gasteiger partial charge in [-0.25, -0.2) is 0 Å². The first kappa shape index (κ1) is 13.6. The Labute approximate surface area is 108 Å². The Morgan fingerprint density at radius 2 is 1.80 bits per heavy atom. The molecule has 2 nitrogen and oxygen atoms in total. The van der Waals surface area contributed by atoms with Crippen molar-refractivity contribution in [2.45, 2.75) is 41.0 Å². The molecule has 5 heteroatoms. The summed E-state index contributed by atoms with van der Waals surface area (Å²) in [5, 5.41) is 0. The van der Waals surface area contributed by atoms with Gasteiger partial charge in [0, 0.05) is 5.41 Å². The van der Waals surface area contributed by atoms with Crippen molar-refractivity contribution in [3.63, 3.8) is 0 Å². The van der Waals surface area contributed by atoms with Gasteiger partial charge in [-0.15, -0.1) is 16.4 Å². The third kappa shape index (κ3) is 3.80. The standard InChI is InChI=1S/C10H20N2S3/c1-9(2,3)6-10(4,5)7-8(13)15-12(14)11-7/h11,13-14H,6H2,1-5H3. The van der Waals surface area contributed by atoms with Crippen LogP contribution in [0.4, 0.5) is 0 Å². The molecule has 0 atom stereocenters. The molecule has 1 aliphatic heterocycles. The minimum atomic E-state index is 0.0970. The molecule has 0 saturated heterocycles. The summed E-state index contributed by atoms with van der Waals surface area (Å²) in [5.41, 5.74) is 4.80. The zero-order chi connectivity index (χ0) is 11.9. The largest absolute Gasteiger partial charge is 0.301 e. The molecule has 0 aromatic carbocycles. The first-order valence-corrected chi connectivity index (χ1v) is 6.61. The summed E-state index contributed by atoms with van der Waals surface area (Å²) in [7, 11) is 0. The van der Waals surface area contributed by atoms with E-state index in [4.69, 9.17) is 0 Å². The topological polar surface area (TPSA) is 15.3 Å². The zero-order valence-corrected chi connectivity index (χ0v) is 12.6. The first-order chi connectivity index (χ1) is 6.62. The second-order valence-electron chi connectivity index (χ2n) is 5.78. The van der Waals surface area contributed by atoms with Gasteiger partial charge in [-0.1, -0.05) is 47.4 Å². The molecule has 0 bridgehead atoms. The van der Waals surface area contributed by atoms with E-state index in [1.807, 2.05) is 0 Å². The lowest BCUT2D eigenvalue weighted by molar-refractivity contribution is 0.235. The van der Waals surface area contributed by atoms with Gasteiger partial charge in [0.15, 0.2) is 0 Å². The second-order valence-corrected chi connectivity index (χ2v) is 8.15. The predicted octanol–water partition coefficient (Wildman–Crippen LogP) is 3.86. The van der Waals surface area contributed by atoms with E-state index in [1.54, 1.807) is 3.82 Å². The van der Waals surface area contributed by atoms with E-state index < -0.39 is 0 Å². The zero-order valence-electron chi connectivity index (χ0n) is 9.96. The number of thiol groups is 2. The van der Waals surface area contributed by atoms with Crippen LogP contribution in [0.3, 0.4) is 0 Å². The number of hydrazine groups is 1. The van der Waals surface area contributed by atoms with Crippen LogP contribution in [-0.2, 0) is 0 Å². The monoisotopic (exact) mass is 264 g/mol. The van der Waals surface area contributed by atoms with Gasteiger partial charge in [0.25, 0.3) is 0 Å². The highest BCUT2D eigenvalue weighted by Crippen LogP contribution is 2.45. The number of rotatable bonds is 2. The van der Waals surface area contributed by atoms with Gasteiger partial charge in [-0.3, -0.25) is 0 Å². The van der Waals surface area contributed by atoms with E-state index in [1.165, 1.54) is 17.6 Å². The van der Waals surface area contributed by atoms with Gasteiger partial charge >= 0.3 is 0 Å². The molecule has 15 heavy (non-hydrogen) atoms. The van der Waals surface area contributed by atoms with Crippen LogP contribution >= 0.6 is 37.4 Å². The van der Waals surface area contributed by atoms with Crippen LogP contribution < -0.4 is 5.43 Å². The van der Waals surface area contributed by atoms with Crippen LogP contribution in [0.15, 0.2) is 9.93 Å². The van der Waals surface area contributed by atoms with Crippen molar-refractivity contribution >= 4 is 37.4 Å². The number of allylic oxidation sites excluding steroid dienone is 1. The highest BCUT2D eigenvalue weighted by molar-refractivity contribution is 8.18. The Kier molecular flexibility index (Phi) is 4.02. The maximum absolute atomic E-state index is 4.48. The van der Waals surface area contributed by atoms with Gasteiger partial charge < -0.3 is 5.43 Å². The fourth-order valence-corrected chi connectivity index (χ4v) is 4.00. The molecule has 1 rings (SSSR count). The summed E-state index contributed by atoms with van der Waals surface area (Å²) < 4.78 is 2.71. The third-order valence-corrected chi connectivity index (χ3v) is 3.70. The number of nitrogens with one attached hydrogen (secondary N) is 1. The molecule has 0 spiro atoms. The molecule has 0 unspecified atom stereocenters. The molecule has 0 aliphatic carbocycles. The van der Waals surface area contributed by atoms with Crippen LogP contribution in [0.2, 0.25) is 0 Å². The maximum Gasteiger partial charge on any atom is 0.0764 e. The number of nitrogens with zero attached hydrogens (tertiary/aromatic N) is 1. The van der Waals surface area contributed by atoms with E-state index in [0.29, 0.717) is 5.41 Å². The minimum Gasteiger partial charge on any atom is -0.301 e. The van der Waals surface area contributed by atoms with Crippen molar-refractivity contribution in [3.8, 4) is 0 Å². The number of hydrogen-bond donors (Lipinski definition) is 3. The second kappa shape index (κ2) is 4.43. The lowest BCUT2D eigenvalue weighted by atomic mass is 9.75. The smallest absolute Gasteiger partial charge is 0.0764 e. The van der Waals surface area contributed by atoms with Crippen molar-refractivity contribution in [2.75, 3.05) is 0 Å². The quantitative estimate of drug-likeness (QED) is 0.519. The summed E-state index contributed by atoms with van der Waals surface area (Å²) in [6.45, 7) is 11.3. The summed E-state index contributed by atoms with van der Waals surface area (Å²) in [4.78, 5) is 0. The Morgan fingerprint density at radius 1 is 1.27 bits per heavy atom. The highest BCUT2D eigenvalue weighted by atomic mass is 32.2. The fraction of sp³-hybridized carbons (Fsp3) is 0.800. The van der Waals surface area contributed by atoms with Crippen molar-refractivity contribution in [3.05, 3.63) is 9.93 Å². The molecule has 0 aromatic heterocycles. The maximum atomic E-state index is 4.48. The number of hydrogen-bond acceptors (Lipinski definition) is 5. The van der Waals surface area contributed by atoms with Crippen LogP contribution in [0, 0.1) is 10.8 Å². The van der Waals surface area contributed by atoms with Gasteiger partial charge in [-0.2, -0.15) is 0 Å². The SMILES string of the molecule is CC(C)(C)CC(C)(C)C1=C(S)SN(S)N1. The highest BCUT2D eigenvalue weighted by Gasteiger charge is 2.34. The van der Waals surface area contributed by atoms with Crippen LogP contribution in [0.25, 0.3) is 0 Å². The normalized spacial score (nSPS) is 19.7. The Morgan fingerprint density at radius 3 is 2.13 bits per heavy atom. The van der Waals surface area contributed by atoms with E-state index in [0.717, 1.165) is 10.7 Å². The van der Waals surface area contributed by atoms with Crippen LogP contribution in [-0.4, -0.2) is 3.82 Å². The summed E-state index contributed by atoms with van der Waals surface area (Å²) >= 11 is 10.2. The van der Waals surface area contributed by atoms with Gasteiger partial charge in [-0.05, 0) is 23.8 Å². The Hall–Kier alpha value is 0.550. The molecule has 0 fully saturated rings. The molecular formula is C10H20N2S3. The summed E-state index contributed by atoms with van der Waals surface area (Å²) in [5.74, 6) is 0. The average molecular weight is 264 g/mol. The van der Waals surface area contributed by atoms with E-state index >= 15 is 0 Å². The summed E-state index contributed by atoms with van der Waals surface area (Å²) in [6, 6.07) is 0. The molecule has 0 radical (unpaired) electrons. The third-order valence-electron chi connectivity index (χ3n) is 2.24.